The van der Waals surface area contributed by atoms with Crippen molar-refractivity contribution in [2.75, 3.05) is 25.1 Å². The number of nitrogens with one attached hydrogen (secondary N) is 1. The highest BCUT2D eigenvalue weighted by Crippen LogP contribution is 2.39. The number of piperidine rings is 1. The number of aromatic nitrogens is 1. The predicted octanol–water partition coefficient (Wildman–Crippen LogP) is 3.70. The normalized spacial score (nSPS) is 16.0. The molecule has 0 aliphatic carbocycles. The summed E-state index contributed by atoms with van der Waals surface area (Å²) < 4.78 is 6.33. The second-order valence-corrected chi connectivity index (χ2v) is 7.73. The van der Waals surface area contributed by atoms with Crippen molar-refractivity contribution in [3.05, 3.63) is 17.2 Å². The number of nitrogens with zero attached hydrogens (tertiary/aromatic N) is 2. The maximum absolute atomic E-state index is 12.1. The van der Waals surface area contributed by atoms with E-state index in [1.165, 1.54) is 0 Å². The van der Waals surface area contributed by atoms with Gasteiger partial charge in [-0.15, -0.1) is 0 Å². The van der Waals surface area contributed by atoms with Gasteiger partial charge in [-0.05, 0) is 38.8 Å². The van der Waals surface area contributed by atoms with E-state index in [4.69, 9.17) is 21.3 Å². The zero-order valence-corrected chi connectivity index (χ0v) is 15.7. The van der Waals surface area contributed by atoms with Crippen molar-refractivity contribution in [1.82, 2.24) is 10.3 Å². The number of rotatable bonds is 4. The summed E-state index contributed by atoms with van der Waals surface area (Å²) in [6, 6.07) is 3.87. The van der Waals surface area contributed by atoms with Crippen LogP contribution in [0.15, 0.2) is 12.1 Å². The van der Waals surface area contributed by atoms with Crippen LogP contribution in [-0.2, 0) is 4.79 Å². The zero-order chi connectivity index (χ0) is 17.3. The number of fused-ring (bicyclic) bond motifs is 1. The van der Waals surface area contributed by atoms with Crippen molar-refractivity contribution in [3.8, 4) is 5.75 Å². The van der Waals surface area contributed by atoms with Gasteiger partial charge < -0.3 is 15.0 Å². The Balaban J connectivity index is 1.74. The van der Waals surface area contributed by atoms with Crippen LogP contribution < -0.4 is 15.0 Å². The van der Waals surface area contributed by atoms with Crippen LogP contribution in [0, 0.1) is 5.92 Å². The van der Waals surface area contributed by atoms with E-state index >= 15 is 0 Å². The summed E-state index contributed by atoms with van der Waals surface area (Å²) in [7, 11) is 1.64. The smallest absolute Gasteiger partial charge is 0.223 e. The number of thiazole rings is 1. The maximum Gasteiger partial charge on any atom is 0.223 e. The first-order chi connectivity index (χ1) is 11.5. The fourth-order valence-corrected chi connectivity index (χ4v) is 4.28. The van der Waals surface area contributed by atoms with Gasteiger partial charge in [0.15, 0.2) is 5.13 Å². The van der Waals surface area contributed by atoms with Gasteiger partial charge in [0.2, 0.25) is 5.91 Å². The molecule has 0 spiro atoms. The van der Waals surface area contributed by atoms with Crippen LogP contribution in [0.5, 0.6) is 5.75 Å². The minimum Gasteiger partial charge on any atom is -0.494 e. The minimum absolute atomic E-state index is 0.0937. The van der Waals surface area contributed by atoms with Crippen molar-refractivity contribution in [2.24, 2.45) is 5.92 Å². The van der Waals surface area contributed by atoms with Crippen molar-refractivity contribution in [2.45, 2.75) is 32.7 Å². The van der Waals surface area contributed by atoms with Gasteiger partial charge in [-0.2, -0.15) is 0 Å². The number of anilines is 1. The van der Waals surface area contributed by atoms with Crippen molar-refractivity contribution >= 4 is 44.2 Å². The number of amides is 1. The van der Waals surface area contributed by atoms with Gasteiger partial charge in [0.25, 0.3) is 0 Å². The van der Waals surface area contributed by atoms with Crippen molar-refractivity contribution in [1.29, 1.82) is 0 Å². The highest BCUT2D eigenvalue weighted by molar-refractivity contribution is 7.22. The Morgan fingerprint density at radius 2 is 2.12 bits per heavy atom. The molecule has 2 heterocycles. The Hall–Kier alpha value is -1.53. The molecule has 0 bridgehead atoms. The van der Waals surface area contributed by atoms with E-state index in [2.05, 4.69) is 10.2 Å². The van der Waals surface area contributed by atoms with E-state index in [1.54, 1.807) is 18.4 Å². The van der Waals surface area contributed by atoms with E-state index < -0.39 is 0 Å². The Bertz CT molecular complexity index is 739. The summed E-state index contributed by atoms with van der Waals surface area (Å²) in [4.78, 5) is 19.1. The average Bonchev–Trinajstić information content (AvgIpc) is 3.01. The van der Waals surface area contributed by atoms with E-state index in [0.717, 1.165) is 47.0 Å². The Morgan fingerprint density at radius 3 is 2.75 bits per heavy atom. The molecule has 0 unspecified atom stereocenters. The monoisotopic (exact) mass is 367 g/mol. The largest absolute Gasteiger partial charge is 0.494 e. The molecule has 130 valence electrons. The first-order valence-electron chi connectivity index (χ1n) is 8.18. The Morgan fingerprint density at radius 1 is 1.42 bits per heavy atom. The van der Waals surface area contributed by atoms with Gasteiger partial charge in [0.05, 0.1) is 16.8 Å². The SMILES string of the molecule is COc1ccc(Cl)c2sc(N3CCC(C(=O)NC(C)C)CC3)nc12. The van der Waals surface area contributed by atoms with Crippen LogP contribution in [-0.4, -0.2) is 37.1 Å². The number of carbonyl (C=O) groups is 1. The maximum atomic E-state index is 12.1. The van der Waals surface area contributed by atoms with E-state index in [0.29, 0.717) is 5.02 Å². The van der Waals surface area contributed by atoms with Crippen LogP contribution in [0.3, 0.4) is 0 Å². The molecule has 0 radical (unpaired) electrons. The molecule has 1 saturated heterocycles. The fraction of sp³-hybridized carbons (Fsp3) is 0.529. The highest BCUT2D eigenvalue weighted by atomic mass is 35.5. The summed E-state index contributed by atoms with van der Waals surface area (Å²) in [6.07, 6.45) is 1.69. The lowest BCUT2D eigenvalue weighted by Crippen LogP contribution is -2.42. The second kappa shape index (κ2) is 7.15. The number of ether oxygens (including phenoxy) is 1. The van der Waals surface area contributed by atoms with Crippen LogP contribution >= 0.6 is 22.9 Å². The lowest BCUT2D eigenvalue weighted by atomic mass is 9.96. The highest BCUT2D eigenvalue weighted by Gasteiger charge is 2.27. The summed E-state index contributed by atoms with van der Waals surface area (Å²) >= 11 is 7.88. The van der Waals surface area contributed by atoms with Gasteiger partial charge in [-0.3, -0.25) is 4.79 Å². The lowest BCUT2D eigenvalue weighted by Gasteiger charge is -2.31. The molecule has 1 fully saturated rings. The van der Waals surface area contributed by atoms with Gasteiger partial charge in [-0.1, -0.05) is 22.9 Å². The van der Waals surface area contributed by atoms with Crippen LogP contribution in [0.25, 0.3) is 10.2 Å². The molecule has 24 heavy (non-hydrogen) atoms. The summed E-state index contributed by atoms with van der Waals surface area (Å²) in [5.41, 5.74) is 0.810. The molecular formula is C17H22ClN3O2S. The predicted molar refractivity (Wildman–Crippen MR) is 99.4 cm³/mol. The molecule has 1 aromatic heterocycles. The summed E-state index contributed by atoms with van der Waals surface area (Å²) in [5.74, 6) is 0.998. The molecule has 1 aliphatic rings. The van der Waals surface area contributed by atoms with Crippen molar-refractivity contribution in [3.63, 3.8) is 0 Å². The molecular weight excluding hydrogens is 346 g/mol. The van der Waals surface area contributed by atoms with Crippen LogP contribution in [0.4, 0.5) is 5.13 Å². The third-order valence-corrected chi connectivity index (χ3v) is 5.81. The third kappa shape index (κ3) is 3.44. The molecule has 1 aromatic carbocycles. The number of hydrogen-bond donors (Lipinski definition) is 1. The molecule has 1 N–H and O–H groups in total. The van der Waals surface area contributed by atoms with Crippen LogP contribution in [0.2, 0.25) is 5.02 Å². The topological polar surface area (TPSA) is 54.5 Å². The second-order valence-electron chi connectivity index (χ2n) is 6.35. The Labute approximate surface area is 151 Å². The first-order valence-corrected chi connectivity index (χ1v) is 9.37. The van der Waals surface area contributed by atoms with Crippen molar-refractivity contribution < 1.29 is 9.53 Å². The number of hydrogen-bond acceptors (Lipinski definition) is 5. The number of carbonyl (C=O) groups excluding carboxylic acids is 1. The van der Waals surface area contributed by atoms with E-state index in [-0.39, 0.29) is 17.9 Å². The Kier molecular flexibility index (Phi) is 5.15. The average molecular weight is 368 g/mol. The molecule has 5 nitrogen and oxygen atoms in total. The third-order valence-electron chi connectivity index (χ3n) is 4.23. The van der Waals surface area contributed by atoms with E-state index in [1.807, 2.05) is 26.0 Å². The lowest BCUT2D eigenvalue weighted by molar-refractivity contribution is -0.126. The van der Waals surface area contributed by atoms with Gasteiger partial charge in [0, 0.05) is 25.0 Å². The van der Waals surface area contributed by atoms with E-state index in [9.17, 15) is 4.79 Å². The summed E-state index contributed by atoms with van der Waals surface area (Å²) in [5, 5.41) is 4.65. The zero-order valence-electron chi connectivity index (χ0n) is 14.1. The number of benzene rings is 1. The molecule has 3 rings (SSSR count). The molecule has 0 saturated carbocycles. The van der Waals surface area contributed by atoms with Gasteiger partial charge >= 0.3 is 0 Å². The number of halogens is 1. The number of methoxy groups -OCH3 is 1. The van der Waals surface area contributed by atoms with Gasteiger partial charge in [0.1, 0.15) is 11.3 Å². The van der Waals surface area contributed by atoms with Crippen LogP contribution in [0.1, 0.15) is 26.7 Å². The minimum atomic E-state index is 0.0937. The summed E-state index contributed by atoms with van der Waals surface area (Å²) in [6.45, 7) is 5.64. The van der Waals surface area contributed by atoms with Gasteiger partial charge in [-0.25, -0.2) is 4.98 Å². The first kappa shape index (κ1) is 17.3. The quantitative estimate of drug-likeness (QED) is 0.895. The molecule has 1 amide bonds. The molecule has 7 heteroatoms. The molecule has 1 aliphatic heterocycles. The fourth-order valence-electron chi connectivity index (χ4n) is 2.98. The standard InChI is InChI=1S/C17H22ClN3O2S/c1-10(2)19-16(22)11-6-8-21(9-7-11)17-20-14-13(23-3)5-4-12(18)15(14)24-17/h4-5,10-11H,6-9H2,1-3H3,(H,19,22). The molecule has 0 atom stereocenters. The molecule has 2 aromatic rings.